The second kappa shape index (κ2) is 5.83. The number of amides is 1. The third-order valence-corrected chi connectivity index (χ3v) is 3.94. The Balaban J connectivity index is 2.21. The predicted octanol–water partition coefficient (Wildman–Crippen LogP) is 1.63. The monoisotopic (exact) mass is 375 g/mol. The molecule has 1 saturated heterocycles. The van der Waals surface area contributed by atoms with E-state index in [4.69, 9.17) is 0 Å². The van der Waals surface area contributed by atoms with Gasteiger partial charge in [0.15, 0.2) is 0 Å². The van der Waals surface area contributed by atoms with Crippen molar-refractivity contribution in [2.75, 3.05) is 19.6 Å². The summed E-state index contributed by atoms with van der Waals surface area (Å²) in [7, 11) is 0. The second-order valence-corrected chi connectivity index (χ2v) is 5.69. The molecule has 1 aromatic rings. The quantitative estimate of drug-likeness (QED) is 0.485. The Hall–Kier alpha value is -1.22. The lowest BCUT2D eigenvalue weighted by atomic mass is 10.1. The first-order chi connectivity index (χ1) is 8.99. The fourth-order valence-electron chi connectivity index (χ4n) is 2.08. The SMILES string of the molecule is CC1CN(C(=O)c2ccc([N+](=O)[O-])cc2I)CCN1. The van der Waals surface area contributed by atoms with Crippen LogP contribution in [0.2, 0.25) is 0 Å². The van der Waals surface area contributed by atoms with Crippen LogP contribution < -0.4 is 5.32 Å². The minimum Gasteiger partial charge on any atom is -0.336 e. The van der Waals surface area contributed by atoms with E-state index in [-0.39, 0.29) is 17.6 Å². The van der Waals surface area contributed by atoms with E-state index in [0.717, 1.165) is 6.54 Å². The Labute approximate surface area is 124 Å². The van der Waals surface area contributed by atoms with Crippen molar-refractivity contribution in [3.8, 4) is 0 Å². The molecule has 19 heavy (non-hydrogen) atoms. The predicted molar refractivity (Wildman–Crippen MR) is 79.2 cm³/mol. The van der Waals surface area contributed by atoms with Gasteiger partial charge in [0.2, 0.25) is 0 Å². The summed E-state index contributed by atoms with van der Waals surface area (Å²) >= 11 is 1.97. The van der Waals surface area contributed by atoms with Gasteiger partial charge in [0, 0.05) is 41.4 Å². The summed E-state index contributed by atoms with van der Waals surface area (Å²) in [5.41, 5.74) is 0.537. The largest absolute Gasteiger partial charge is 0.336 e. The Morgan fingerprint density at radius 3 is 2.89 bits per heavy atom. The summed E-state index contributed by atoms with van der Waals surface area (Å²) < 4.78 is 0.614. The number of benzene rings is 1. The van der Waals surface area contributed by atoms with Gasteiger partial charge in [0.1, 0.15) is 0 Å². The summed E-state index contributed by atoms with van der Waals surface area (Å²) in [5, 5.41) is 13.9. The van der Waals surface area contributed by atoms with Gasteiger partial charge in [-0.2, -0.15) is 0 Å². The molecule has 6 nitrogen and oxygen atoms in total. The highest BCUT2D eigenvalue weighted by molar-refractivity contribution is 14.1. The fourth-order valence-corrected chi connectivity index (χ4v) is 2.81. The number of carbonyl (C=O) groups excluding carboxylic acids is 1. The smallest absolute Gasteiger partial charge is 0.270 e. The Kier molecular flexibility index (Phi) is 4.35. The normalized spacial score (nSPS) is 19.3. The van der Waals surface area contributed by atoms with Gasteiger partial charge in [-0.3, -0.25) is 14.9 Å². The molecule has 1 aromatic carbocycles. The zero-order valence-electron chi connectivity index (χ0n) is 10.4. The molecule has 0 radical (unpaired) electrons. The molecule has 1 N–H and O–H groups in total. The van der Waals surface area contributed by atoms with Gasteiger partial charge in [-0.15, -0.1) is 0 Å². The molecule has 1 atom stereocenters. The van der Waals surface area contributed by atoms with Crippen molar-refractivity contribution in [1.29, 1.82) is 0 Å². The van der Waals surface area contributed by atoms with Gasteiger partial charge in [-0.05, 0) is 35.6 Å². The van der Waals surface area contributed by atoms with Crippen LogP contribution in [0.5, 0.6) is 0 Å². The molecule has 102 valence electrons. The Morgan fingerprint density at radius 1 is 1.58 bits per heavy atom. The van der Waals surface area contributed by atoms with Gasteiger partial charge in [-0.25, -0.2) is 0 Å². The first-order valence-electron chi connectivity index (χ1n) is 5.95. The van der Waals surface area contributed by atoms with Crippen molar-refractivity contribution >= 4 is 34.2 Å². The summed E-state index contributed by atoms with van der Waals surface area (Å²) in [6.45, 7) is 4.12. The number of non-ortho nitro benzene ring substituents is 1. The minimum atomic E-state index is -0.455. The number of piperazine rings is 1. The van der Waals surface area contributed by atoms with E-state index < -0.39 is 4.92 Å². The fraction of sp³-hybridized carbons (Fsp3) is 0.417. The van der Waals surface area contributed by atoms with Crippen LogP contribution in [0.3, 0.4) is 0 Å². The molecule has 0 bridgehead atoms. The lowest BCUT2D eigenvalue weighted by Gasteiger charge is -2.32. The zero-order valence-corrected chi connectivity index (χ0v) is 12.6. The third kappa shape index (κ3) is 3.21. The molecule has 0 aliphatic carbocycles. The number of hydrogen-bond acceptors (Lipinski definition) is 4. The van der Waals surface area contributed by atoms with Crippen LogP contribution in [0.25, 0.3) is 0 Å². The van der Waals surface area contributed by atoms with Crippen LogP contribution in [-0.2, 0) is 0 Å². The molecule has 1 aliphatic rings. The van der Waals surface area contributed by atoms with E-state index in [1.165, 1.54) is 18.2 Å². The van der Waals surface area contributed by atoms with E-state index in [0.29, 0.717) is 22.2 Å². The highest BCUT2D eigenvalue weighted by atomic mass is 127. The minimum absolute atomic E-state index is 0.00892. The van der Waals surface area contributed by atoms with Crippen LogP contribution in [0.15, 0.2) is 18.2 Å². The number of rotatable bonds is 2. The number of nitro benzene ring substituents is 1. The highest BCUT2D eigenvalue weighted by Gasteiger charge is 2.23. The molecule has 1 fully saturated rings. The van der Waals surface area contributed by atoms with Gasteiger partial charge in [0.05, 0.1) is 10.5 Å². The molecule has 0 spiro atoms. The van der Waals surface area contributed by atoms with Gasteiger partial charge >= 0.3 is 0 Å². The van der Waals surface area contributed by atoms with Crippen LogP contribution in [0.4, 0.5) is 5.69 Å². The molecule has 7 heteroatoms. The van der Waals surface area contributed by atoms with Crippen molar-refractivity contribution in [1.82, 2.24) is 10.2 Å². The van der Waals surface area contributed by atoms with Crippen LogP contribution >= 0.6 is 22.6 Å². The lowest BCUT2D eigenvalue weighted by Crippen LogP contribution is -2.51. The first-order valence-corrected chi connectivity index (χ1v) is 7.03. The molecule has 1 amide bonds. The number of nitrogens with one attached hydrogen (secondary N) is 1. The number of hydrogen-bond donors (Lipinski definition) is 1. The van der Waals surface area contributed by atoms with E-state index in [1.54, 1.807) is 4.90 Å². The topological polar surface area (TPSA) is 75.5 Å². The van der Waals surface area contributed by atoms with Crippen molar-refractivity contribution in [3.05, 3.63) is 37.4 Å². The summed E-state index contributed by atoms with van der Waals surface area (Å²) in [4.78, 5) is 24.4. The van der Waals surface area contributed by atoms with E-state index in [1.807, 2.05) is 29.5 Å². The number of halogens is 1. The Morgan fingerprint density at radius 2 is 2.32 bits per heavy atom. The van der Waals surface area contributed by atoms with E-state index >= 15 is 0 Å². The molecule has 0 saturated carbocycles. The highest BCUT2D eigenvalue weighted by Crippen LogP contribution is 2.21. The van der Waals surface area contributed by atoms with Crippen molar-refractivity contribution in [3.63, 3.8) is 0 Å². The average molecular weight is 375 g/mol. The van der Waals surface area contributed by atoms with Gasteiger partial charge in [0.25, 0.3) is 11.6 Å². The van der Waals surface area contributed by atoms with Crippen LogP contribution in [0, 0.1) is 13.7 Å². The summed E-state index contributed by atoms with van der Waals surface area (Å²) in [6, 6.07) is 4.61. The molecule has 1 aliphatic heterocycles. The average Bonchev–Trinajstić information content (AvgIpc) is 2.37. The maximum atomic E-state index is 12.4. The van der Waals surface area contributed by atoms with Gasteiger partial charge in [-0.1, -0.05) is 0 Å². The number of nitrogens with zero attached hydrogens (tertiary/aromatic N) is 2. The summed E-state index contributed by atoms with van der Waals surface area (Å²) in [6.07, 6.45) is 0. The summed E-state index contributed by atoms with van der Waals surface area (Å²) in [5.74, 6) is -0.0624. The maximum absolute atomic E-state index is 12.4. The number of nitro groups is 1. The third-order valence-electron chi connectivity index (χ3n) is 3.05. The molecule has 0 aromatic heterocycles. The molecular formula is C12H14IN3O3. The molecule has 1 heterocycles. The maximum Gasteiger partial charge on any atom is 0.270 e. The van der Waals surface area contributed by atoms with E-state index in [9.17, 15) is 14.9 Å². The Bertz CT molecular complexity index is 521. The number of carbonyl (C=O) groups is 1. The van der Waals surface area contributed by atoms with Crippen molar-refractivity contribution in [2.24, 2.45) is 0 Å². The van der Waals surface area contributed by atoms with Crippen LogP contribution in [0.1, 0.15) is 17.3 Å². The van der Waals surface area contributed by atoms with Gasteiger partial charge < -0.3 is 10.2 Å². The van der Waals surface area contributed by atoms with Crippen LogP contribution in [-0.4, -0.2) is 41.4 Å². The first kappa shape index (κ1) is 14.2. The standard InChI is InChI=1S/C12H14IN3O3/c1-8-7-15(5-4-14-8)12(17)10-3-2-9(16(18)19)6-11(10)13/h2-3,6,8,14H,4-5,7H2,1H3. The lowest BCUT2D eigenvalue weighted by molar-refractivity contribution is -0.384. The molecule has 2 rings (SSSR count). The molecule has 1 unspecified atom stereocenters. The zero-order chi connectivity index (χ0) is 14.0. The second-order valence-electron chi connectivity index (χ2n) is 4.53. The van der Waals surface area contributed by atoms with E-state index in [2.05, 4.69) is 5.32 Å². The van der Waals surface area contributed by atoms with Crippen molar-refractivity contribution < 1.29 is 9.72 Å². The van der Waals surface area contributed by atoms with Crippen molar-refractivity contribution in [2.45, 2.75) is 13.0 Å². The molecular weight excluding hydrogens is 361 g/mol.